The molecule has 0 saturated carbocycles. The van der Waals surface area contributed by atoms with Gasteiger partial charge in [-0.1, -0.05) is 24.3 Å². The van der Waals surface area contributed by atoms with E-state index in [0.717, 1.165) is 11.1 Å². The highest BCUT2D eigenvalue weighted by Crippen LogP contribution is 2.60. The van der Waals surface area contributed by atoms with E-state index in [0.29, 0.717) is 0 Å². The molecule has 3 aliphatic rings. The number of ketones is 2. The van der Waals surface area contributed by atoms with Crippen molar-refractivity contribution in [3.05, 3.63) is 47.5 Å². The number of fused-ring (bicyclic) bond motifs is 8. The van der Waals surface area contributed by atoms with Gasteiger partial charge in [-0.2, -0.15) is 0 Å². The van der Waals surface area contributed by atoms with Gasteiger partial charge >= 0.3 is 6.09 Å². The molecule has 5 nitrogen and oxygen atoms in total. The van der Waals surface area contributed by atoms with Crippen LogP contribution in [-0.4, -0.2) is 28.2 Å². The van der Waals surface area contributed by atoms with Crippen LogP contribution in [0.3, 0.4) is 0 Å². The van der Waals surface area contributed by atoms with Crippen molar-refractivity contribution < 1.29 is 19.1 Å². The molecular weight excluding hydrogens is 306 g/mol. The first-order valence-corrected chi connectivity index (χ1v) is 8.15. The number of amides is 1. The van der Waals surface area contributed by atoms with Crippen LogP contribution < -0.4 is 0 Å². The number of ether oxygens (including phenoxy) is 1. The summed E-state index contributed by atoms with van der Waals surface area (Å²) in [7, 11) is 0. The van der Waals surface area contributed by atoms with Gasteiger partial charge in [-0.3, -0.25) is 14.5 Å². The summed E-state index contributed by atoms with van der Waals surface area (Å²) in [6.07, 6.45) is 2.23. The topological polar surface area (TPSA) is 63.7 Å². The van der Waals surface area contributed by atoms with Gasteiger partial charge in [-0.25, -0.2) is 4.79 Å². The maximum atomic E-state index is 12.8. The van der Waals surface area contributed by atoms with E-state index in [1.807, 2.05) is 24.3 Å². The number of nitrogens with zero attached hydrogens (tertiary/aromatic N) is 1. The molecule has 0 radical (unpaired) electrons. The Hall–Kier alpha value is -2.43. The van der Waals surface area contributed by atoms with Crippen LogP contribution in [0.15, 0.2) is 36.4 Å². The minimum absolute atomic E-state index is 0.0878. The van der Waals surface area contributed by atoms with Gasteiger partial charge in [0, 0.05) is 0 Å². The van der Waals surface area contributed by atoms with Crippen molar-refractivity contribution in [2.45, 2.75) is 38.5 Å². The van der Waals surface area contributed by atoms with E-state index in [9.17, 15) is 14.4 Å². The van der Waals surface area contributed by atoms with E-state index >= 15 is 0 Å². The fourth-order valence-corrected chi connectivity index (χ4v) is 4.24. The first kappa shape index (κ1) is 15.1. The summed E-state index contributed by atoms with van der Waals surface area (Å²) in [5.74, 6) is -1.19. The molecule has 1 aliphatic carbocycles. The van der Waals surface area contributed by atoms with Gasteiger partial charge in [0.05, 0.1) is 23.9 Å². The van der Waals surface area contributed by atoms with Crippen LogP contribution in [0.5, 0.6) is 0 Å². The average molecular weight is 325 g/mol. The van der Waals surface area contributed by atoms with E-state index in [4.69, 9.17) is 4.74 Å². The molecule has 1 aromatic carbocycles. The Balaban J connectivity index is 1.83. The van der Waals surface area contributed by atoms with Gasteiger partial charge in [-0.05, 0) is 44.1 Å². The number of benzene rings is 1. The Morgan fingerprint density at radius 3 is 1.83 bits per heavy atom. The summed E-state index contributed by atoms with van der Waals surface area (Å²) in [5.41, 5.74) is 1.26. The number of carbonyl (C=O) groups is 3. The smallest absolute Gasteiger partial charge is 0.411 e. The van der Waals surface area contributed by atoms with Crippen molar-refractivity contribution >= 4 is 17.7 Å². The van der Waals surface area contributed by atoms with Crippen LogP contribution in [0.25, 0.3) is 0 Å². The van der Waals surface area contributed by atoms with E-state index in [1.165, 1.54) is 12.2 Å². The fourth-order valence-electron chi connectivity index (χ4n) is 4.24. The second-order valence-corrected chi connectivity index (χ2v) is 7.60. The highest BCUT2D eigenvalue weighted by molar-refractivity contribution is 6.09. The number of carbonyl (C=O) groups excluding carboxylic acids is 3. The Labute approximate surface area is 140 Å². The minimum Gasteiger partial charge on any atom is -0.444 e. The lowest BCUT2D eigenvalue weighted by Crippen LogP contribution is -2.36. The van der Waals surface area contributed by atoms with Crippen molar-refractivity contribution in [1.29, 1.82) is 0 Å². The Bertz CT molecular complexity index is 738. The van der Waals surface area contributed by atoms with Crippen LogP contribution in [0.2, 0.25) is 0 Å². The third-order valence-corrected chi connectivity index (χ3v) is 4.97. The van der Waals surface area contributed by atoms with Crippen LogP contribution in [0, 0.1) is 11.8 Å². The molecule has 2 heterocycles. The van der Waals surface area contributed by atoms with Gasteiger partial charge in [0.2, 0.25) is 0 Å². The molecule has 24 heavy (non-hydrogen) atoms. The van der Waals surface area contributed by atoms with E-state index in [2.05, 4.69) is 0 Å². The van der Waals surface area contributed by atoms with Crippen LogP contribution >= 0.6 is 0 Å². The zero-order chi connectivity index (χ0) is 17.2. The minimum atomic E-state index is -0.636. The SMILES string of the molecule is CC(C)(C)OC(=O)N1[C@@H]2c3ccccc3[C@H]1[C@H]1C(=O)C=CC(=O)[C@H]12. The van der Waals surface area contributed by atoms with E-state index in [1.54, 1.807) is 25.7 Å². The molecule has 0 spiro atoms. The Morgan fingerprint density at radius 1 is 0.958 bits per heavy atom. The highest BCUT2D eigenvalue weighted by Gasteiger charge is 2.63. The quantitative estimate of drug-likeness (QED) is 0.735. The first-order valence-electron chi connectivity index (χ1n) is 8.15. The molecule has 1 fully saturated rings. The number of hydrogen-bond donors (Lipinski definition) is 0. The molecule has 2 bridgehead atoms. The van der Waals surface area contributed by atoms with Crippen molar-refractivity contribution in [3.8, 4) is 0 Å². The van der Waals surface area contributed by atoms with Gasteiger partial charge in [0.25, 0.3) is 0 Å². The summed E-state index contributed by atoms with van der Waals surface area (Å²) < 4.78 is 5.55. The van der Waals surface area contributed by atoms with Crippen molar-refractivity contribution in [1.82, 2.24) is 4.90 Å². The van der Waals surface area contributed by atoms with Gasteiger partial charge in [-0.15, -0.1) is 0 Å². The maximum Gasteiger partial charge on any atom is 0.411 e. The monoisotopic (exact) mass is 325 g/mol. The molecule has 2 aliphatic heterocycles. The van der Waals surface area contributed by atoms with Crippen LogP contribution in [0.4, 0.5) is 4.79 Å². The number of rotatable bonds is 0. The number of hydrogen-bond acceptors (Lipinski definition) is 4. The first-order chi connectivity index (χ1) is 11.3. The molecule has 0 N–H and O–H groups in total. The fraction of sp³-hybridized carbons (Fsp3) is 0.421. The van der Waals surface area contributed by atoms with Crippen molar-refractivity contribution in [2.75, 3.05) is 0 Å². The van der Waals surface area contributed by atoms with Gasteiger partial charge in [0.15, 0.2) is 11.6 Å². The molecular formula is C19H19NO4. The molecule has 124 valence electrons. The summed E-state index contributed by atoms with van der Waals surface area (Å²) >= 11 is 0. The zero-order valence-corrected chi connectivity index (χ0v) is 13.9. The van der Waals surface area contributed by atoms with Crippen molar-refractivity contribution in [3.63, 3.8) is 0 Å². The normalized spacial score (nSPS) is 30.4. The predicted molar refractivity (Wildman–Crippen MR) is 86.1 cm³/mol. The standard InChI is InChI=1S/C19H19NO4/c1-19(2,3)24-18(23)20-16-10-6-4-5-7-11(10)17(20)15-13(22)9-8-12(21)14(15)16/h4-9,14-17H,1-3H3/t14-,15+,16-,17+. The molecule has 1 amide bonds. The predicted octanol–water partition coefficient (Wildman–Crippen LogP) is 2.97. The Kier molecular flexibility index (Phi) is 3.02. The average Bonchev–Trinajstić information content (AvgIpc) is 3.02. The molecule has 1 saturated heterocycles. The lowest BCUT2D eigenvalue weighted by atomic mass is 9.70. The molecule has 1 aromatic rings. The third-order valence-electron chi connectivity index (χ3n) is 4.97. The zero-order valence-electron chi connectivity index (χ0n) is 13.9. The van der Waals surface area contributed by atoms with Crippen LogP contribution in [-0.2, 0) is 14.3 Å². The van der Waals surface area contributed by atoms with E-state index in [-0.39, 0.29) is 11.6 Å². The lowest BCUT2D eigenvalue weighted by Gasteiger charge is -2.28. The summed E-state index contributed by atoms with van der Waals surface area (Å²) in [6.45, 7) is 5.42. The molecule has 5 heteroatoms. The lowest BCUT2D eigenvalue weighted by molar-refractivity contribution is -0.128. The maximum absolute atomic E-state index is 12.8. The van der Waals surface area contributed by atoms with E-state index < -0.39 is 35.6 Å². The molecule has 4 rings (SSSR count). The summed E-state index contributed by atoms with van der Waals surface area (Å²) in [4.78, 5) is 39.3. The largest absolute Gasteiger partial charge is 0.444 e. The summed E-state index contributed by atoms with van der Waals surface area (Å²) in [5, 5.41) is 0. The molecule has 0 unspecified atom stereocenters. The van der Waals surface area contributed by atoms with Crippen LogP contribution in [0.1, 0.15) is 44.0 Å². The number of allylic oxidation sites excluding steroid dienone is 2. The van der Waals surface area contributed by atoms with Gasteiger partial charge < -0.3 is 4.74 Å². The summed E-state index contributed by atoms with van der Waals surface area (Å²) in [6, 6.07) is 6.81. The molecule has 0 aromatic heterocycles. The Morgan fingerprint density at radius 2 is 1.42 bits per heavy atom. The van der Waals surface area contributed by atoms with Gasteiger partial charge in [0.1, 0.15) is 5.60 Å². The molecule has 4 atom stereocenters. The second kappa shape index (κ2) is 4.79. The third kappa shape index (κ3) is 1.97. The second-order valence-electron chi connectivity index (χ2n) is 7.60. The van der Waals surface area contributed by atoms with Crippen molar-refractivity contribution in [2.24, 2.45) is 11.8 Å². The highest BCUT2D eigenvalue weighted by atomic mass is 16.6.